The van der Waals surface area contributed by atoms with Gasteiger partial charge in [-0.3, -0.25) is 37.0 Å². The molecule has 35 heavy (non-hydrogen) atoms. The van der Waals surface area contributed by atoms with Gasteiger partial charge in [0.1, 0.15) is 12.3 Å². The van der Waals surface area contributed by atoms with Gasteiger partial charge in [-0.1, -0.05) is 0 Å². The Balaban J connectivity index is 2.15. The molecule has 0 bridgehead atoms. The Hall–Kier alpha value is -1.45. The number of rotatable bonds is 13. The van der Waals surface area contributed by atoms with Crippen LogP contribution in [0.1, 0.15) is 18.2 Å². The van der Waals surface area contributed by atoms with E-state index in [9.17, 15) is 28.4 Å². The summed E-state index contributed by atoms with van der Waals surface area (Å²) >= 11 is 0. The van der Waals surface area contributed by atoms with Crippen molar-refractivity contribution in [2.24, 2.45) is 0 Å². The van der Waals surface area contributed by atoms with E-state index in [1.165, 1.54) is 0 Å². The summed E-state index contributed by atoms with van der Waals surface area (Å²) in [7, 11) is -10.5. The van der Waals surface area contributed by atoms with Crippen LogP contribution in [0.5, 0.6) is 0 Å². The van der Waals surface area contributed by atoms with E-state index in [2.05, 4.69) is 22.4 Å². The van der Waals surface area contributed by atoms with E-state index in [0.717, 1.165) is 45.3 Å². The fraction of sp³-hybridized carbons (Fsp3) is 0.600. The van der Waals surface area contributed by atoms with Crippen molar-refractivity contribution in [2.75, 3.05) is 35.0 Å². The molecule has 1 aromatic rings. The number of phosphoric ester groups is 2. The standard InChI is InChI=1S/C15H25N2O15P3/c1-25-33(22,26-2)31-35(24,28-4)32-34(23,27-3)29-9-12-11(19)7-13(30-12)17-8-10(5-6-18)14(20)16-15(17)21/h5-6,8,11-13,18-19H,7,9H2,1-4H3,(H,16,20,21)/b6-5+/t11?,12-,13-,34?,35?/m1/s1. The maximum atomic E-state index is 12.8. The molecule has 2 heterocycles. The molecule has 17 nitrogen and oxygen atoms in total. The fourth-order valence-electron chi connectivity index (χ4n) is 2.69. The van der Waals surface area contributed by atoms with Gasteiger partial charge in [-0.15, -0.1) is 0 Å². The first-order chi connectivity index (χ1) is 16.4. The number of aliphatic hydroxyl groups excluding tert-OH is 2. The molecule has 5 atom stereocenters. The zero-order valence-corrected chi connectivity index (χ0v) is 21.6. The van der Waals surface area contributed by atoms with Gasteiger partial charge in [0.25, 0.3) is 5.56 Å². The Bertz CT molecular complexity index is 1150. The summed E-state index contributed by atoms with van der Waals surface area (Å²) in [4.78, 5) is 25.9. The lowest BCUT2D eigenvalue weighted by atomic mass is 10.2. The number of aliphatic hydroxyl groups is 2. The molecule has 3 N–H and O–H groups in total. The quantitative estimate of drug-likeness (QED) is 0.228. The molecule has 0 aliphatic carbocycles. The Kier molecular flexibility index (Phi) is 10.4. The van der Waals surface area contributed by atoms with Crippen molar-refractivity contribution in [1.29, 1.82) is 0 Å². The number of phosphoric acid groups is 3. The molecule has 0 aromatic carbocycles. The highest BCUT2D eigenvalue weighted by atomic mass is 31.3. The molecule has 20 heteroatoms. The molecule has 0 saturated carbocycles. The fourth-order valence-corrected chi connectivity index (χ4v) is 7.14. The molecule has 0 amide bonds. The number of aromatic nitrogens is 2. The minimum atomic E-state index is -4.89. The van der Waals surface area contributed by atoms with Gasteiger partial charge < -0.3 is 14.9 Å². The molecule has 3 unspecified atom stereocenters. The molecule has 0 radical (unpaired) electrons. The summed E-state index contributed by atoms with van der Waals surface area (Å²) in [6.45, 7) is -0.666. The highest BCUT2D eigenvalue weighted by molar-refractivity contribution is 7.67. The van der Waals surface area contributed by atoms with Gasteiger partial charge in [0.15, 0.2) is 0 Å². The third-order valence-corrected chi connectivity index (χ3v) is 9.91. The van der Waals surface area contributed by atoms with Crippen LogP contribution in [0.3, 0.4) is 0 Å². The van der Waals surface area contributed by atoms with Gasteiger partial charge >= 0.3 is 29.2 Å². The summed E-state index contributed by atoms with van der Waals surface area (Å²) < 4.78 is 76.6. The average molecular weight is 566 g/mol. The molecule has 1 aromatic heterocycles. The Labute approximate surface area is 198 Å². The van der Waals surface area contributed by atoms with E-state index in [0.29, 0.717) is 6.26 Å². The first kappa shape index (κ1) is 29.8. The summed E-state index contributed by atoms with van der Waals surface area (Å²) in [6.07, 6.45) is -0.945. The van der Waals surface area contributed by atoms with Crippen LogP contribution in [0.2, 0.25) is 0 Å². The van der Waals surface area contributed by atoms with Crippen LogP contribution in [0.25, 0.3) is 6.08 Å². The van der Waals surface area contributed by atoms with Gasteiger partial charge in [-0.25, -0.2) is 18.5 Å². The van der Waals surface area contributed by atoms with Crippen LogP contribution in [0, 0.1) is 0 Å². The second-order valence-corrected chi connectivity index (χ2v) is 12.2. The van der Waals surface area contributed by atoms with Crippen LogP contribution in [0.4, 0.5) is 0 Å². The third kappa shape index (κ3) is 7.52. The zero-order valence-electron chi connectivity index (χ0n) is 18.9. The van der Waals surface area contributed by atoms with Crippen LogP contribution in [0.15, 0.2) is 22.0 Å². The summed E-state index contributed by atoms with van der Waals surface area (Å²) in [5.74, 6) is 0. The van der Waals surface area contributed by atoms with Crippen LogP contribution >= 0.6 is 23.5 Å². The summed E-state index contributed by atoms with van der Waals surface area (Å²) in [6, 6.07) is 0. The second-order valence-electron chi connectivity index (χ2n) is 6.53. The van der Waals surface area contributed by atoms with Gasteiger partial charge in [-0.05, 0) is 6.08 Å². The number of ether oxygens (including phenoxy) is 1. The Morgan fingerprint density at radius 2 is 1.63 bits per heavy atom. The van der Waals surface area contributed by atoms with Crippen LogP contribution in [-0.2, 0) is 49.7 Å². The summed E-state index contributed by atoms with van der Waals surface area (Å²) in [5, 5.41) is 19.2. The van der Waals surface area contributed by atoms with Crippen LogP contribution < -0.4 is 11.2 Å². The predicted molar refractivity (Wildman–Crippen MR) is 116 cm³/mol. The number of aromatic amines is 1. The van der Waals surface area contributed by atoms with Gasteiger partial charge in [0.2, 0.25) is 0 Å². The number of hydrogen-bond acceptors (Lipinski definition) is 15. The van der Waals surface area contributed by atoms with E-state index in [1.807, 2.05) is 4.98 Å². The van der Waals surface area contributed by atoms with E-state index < -0.39 is 59.8 Å². The molecule has 1 aliphatic rings. The lowest BCUT2D eigenvalue weighted by Crippen LogP contribution is -2.33. The zero-order chi connectivity index (χ0) is 26.4. The van der Waals surface area contributed by atoms with Crippen molar-refractivity contribution < 1.29 is 59.9 Å². The van der Waals surface area contributed by atoms with Crippen LogP contribution in [-0.4, -0.2) is 67.0 Å². The smallest absolute Gasteiger partial charge is 0.492 e. The SMILES string of the molecule is COP(=O)(OC)OP(=O)(OC)OP(=O)(OC)OC[C@H]1O[C@@H](n2cc(/C=C/O)c(=O)[nH]c2=O)CC1O. The molecule has 2 rings (SSSR count). The first-order valence-corrected chi connectivity index (χ1v) is 13.8. The first-order valence-electron chi connectivity index (χ1n) is 9.47. The van der Waals surface area contributed by atoms with Crippen molar-refractivity contribution in [1.82, 2.24) is 9.55 Å². The topological polar surface area (TPSA) is 220 Å². The lowest BCUT2D eigenvalue weighted by Gasteiger charge is -2.24. The van der Waals surface area contributed by atoms with Crippen molar-refractivity contribution >= 4 is 29.5 Å². The predicted octanol–water partition coefficient (Wildman–Crippen LogP) is 1.67. The molecular formula is C15H25N2O15P3. The lowest BCUT2D eigenvalue weighted by molar-refractivity contribution is -0.0457. The number of H-pyrrole nitrogens is 1. The van der Waals surface area contributed by atoms with E-state index in [-0.39, 0.29) is 12.0 Å². The minimum Gasteiger partial charge on any atom is -0.516 e. The molecular weight excluding hydrogens is 541 g/mol. The van der Waals surface area contributed by atoms with Crippen molar-refractivity contribution in [2.45, 2.75) is 24.9 Å². The number of nitrogens with zero attached hydrogens (tertiary/aromatic N) is 1. The Morgan fingerprint density at radius 3 is 2.17 bits per heavy atom. The number of nitrogens with one attached hydrogen (secondary N) is 1. The molecule has 1 saturated heterocycles. The normalized spacial score (nSPS) is 24.4. The molecule has 200 valence electrons. The van der Waals surface area contributed by atoms with E-state index in [4.69, 9.17) is 18.7 Å². The third-order valence-electron chi connectivity index (χ3n) is 4.46. The maximum absolute atomic E-state index is 12.8. The van der Waals surface area contributed by atoms with Crippen molar-refractivity contribution in [3.63, 3.8) is 0 Å². The molecule has 1 aliphatic heterocycles. The maximum Gasteiger partial charge on any atom is 0.492 e. The number of hydrogen-bond donors (Lipinski definition) is 3. The monoisotopic (exact) mass is 566 g/mol. The summed E-state index contributed by atoms with van der Waals surface area (Å²) in [5.41, 5.74) is -1.68. The average Bonchev–Trinajstić information content (AvgIpc) is 3.19. The van der Waals surface area contributed by atoms with Gasteiger partial charge in [0, 0.05) is 41.1 Å². The Morgan fingerprint density at radius 1 is 1.06 bits per heavy atom. The second kappa shape index (κ2) is 12.2. The highest BCUT2D eigenvalue weighted by Crippen LogP contribution is 2.72. The molecule has 1 fully saturated rings. The van der Waals surface area contributed by atoms with E-state index in [1.54, 1.807) is 0 Å². The molecule has 0 spiro atoms. The van der Waals surface area contributed by atoms with Crippen molar-refractivity contribution in [3.05, 3.63) is 38.9 Å². The highest BCUT2D eigenvalue weighted by Gasteiger charge is 2.46. The van der Waals surface area contributed by atoms with Gasteiger partial charge in [0.05, 0.1) is 24.5 Å². The van der Waals surface area contributed by atoms with Gasteiger partial charge in [-0.2, -0.15) is 8.62 Å². The van der Waals surface area contributed by atoms with E-state index >= 15 is 0 Å². The largest absolute Gasteiger partial charge is 0.516 e. The minimum absolute atomic E-state index is 0.0677. The van der Waals surface area contributed by atoms with Crippen molar-refractivity contribution in [3.8, 4) is 0 Å².